The lowest BCUT2D eigenvalue weighted by Gasteiger charge is -2.40. The van der Waals surface area contributed by atoms with E-state index in [-0.39, 0.29) is 0 Å². The minimum absolute atomic E-state index is 0.613. The highest BCUT2D eigenvalue weighted by Gasteiger charge is 2.32. The fourth-order valence-corrected chi connectivity index (χ4v) is 6.55. The van der Waals surface area contributed by atoms with Crippen molar-refractivity contribution < 1.29 is 0 Å². The van der Waals surface area contributed by atoms with Gasteiger partial charge in [-0.05, 0) is 84.9 Å². The Morgan fingerprint density at radius 1 is 0.586 bits per heavy atom. The third-order valence-electron chi connectivity index (χ3n) is 8.12. The normalized spacial score (nSPS) is 33.0. The summed E-state index contributed by atoms with van der Waals surface area (Å²) in [7, 11) is 0. The van der Waals surface area contributed by atoms with Crippen LogP contribution in [0.3, 0.4) is 0 Å². The van der Waals surface area contributed by atoms with Crippen LogP contribution in [0.25, 0.3) is 0 Å². The highest BCUT2D eigenvalue weighted by Crippen LogP contribution is 2.45. The molecule has 0 radical (unpaired) electrons. The summed E-state index contributed by atoms with van der Waals surface area (Å²) in [4.78, 5) is 0. The zero-order valence-corrected chi connectivity index (χ0v) is 22.3. The Kier molecular flexibility index (Phi) is 10.8. The summed E-state index contributed by atoms with van der Waals surface area (Å²) in [5.74, 6) is 3.95. The predicted octanol–water partition coefficient (Wildman–Crippen LogP) is 10.3. The molecular formula is C29H58. The Bertz CT molecular complexity index is 417. The Morgan fingerprint density at radius 3 is 1.38 bits per heavy atom. The topological polar surface area (TPSA) is 0 Å². The molecule has 1 atom stereocenters. The molecule has 3 saturated carbocycles. The standard InChI is InChI=1S/2C10H20.C9H18/c1-9(2)6-5-7-10(3,4)8-9;1-8(2)10-6-4-9(3)5-7-10;1-8-5-4-6-9(2,3)7-8/h5-8H2,1-4H3;8-10H,4-7H2,1-3H3;8H,4-7H2,1-3H3. The molecule has 3 rings (SSSR count). The molecule has 3 aliphatic rings. The van der Waals surface area contributed by atoms with Crippen LogP contribution < -0.4 is 0 Å². The lowest BCUT2D eigenvalue weighted by molar-refractivity contribution is 0.116. The van der Waals surface area contributed by atoms with Crippen LogP contribution in [0.2, 0.25) is 0 Å². The molecule has 0 nitrogen and oxygen atoms in total. The summed E-state index contributed by atoms with van der Waals surface area (Å²) < 4.78 is 0. The molecule has 1 unspecified atom stereocenters. The second-order valence-corrected chi connectivity index (χ2v) is 14.0. The molecule has 0 heteroatoms. The van der Waals surface area contributed by atoms with Gasteiger partial charge in [-0.3, -0.25) is 0 Å². The fourth-order valence-electron chi connectivity index (χ4n) is 6.55. The number of hydrogen-bond donors (Lipinski definition) is 0. The highest BCUT2D eigenvalue weighted by molar-refractivity contribution is 4.84. The van der Waals surface area contributed by atoms with Gasteiger partial charge in [-0.25, -0.2) is 0 Å². The van der Waals surface area contributed by atoms with Crippen LogP contribution in [0.15, 0.2) is 0 Å². The van der Waals surface area contributed by atoms with Crippen molar-refractivity contribution in [1.82, 2.24) is 0 Å². The van der Waals surface area contributed by atoms with Gasteiger partial charge < -0.3 is 0 Å². The number of hydrogen-bond acceptors (Lipinski definition) is 0. The largest absolute Gasteiger partial charge is 0.0625 e. The lowest BCUT2D eigenvalue weighted by Crippen LogP contribution is -2.28. The molecule has 0 N–H and O–H groups in total. The summed E-state index contributed by atoms with van der Waals surface area (Å²) in [5, 5.41) is 0. The van der Waals surface area contributed by atoms with Crippen molar-refractivity contribution in [1.29, 1.82) is 0 Å². The molecule has 0 bridgehead atoms. The summed E-state index contributed by atoms with van der Waals surface area (Å²) in [6, 6.07) is 0. The Balaban J connectivity index is 0.000000218. The maximum absolute atomic E-state index is 2.40. The van der Waals surface area contributed by atoms with Gasteiger partial charge in [0.25, 0.3) is 0 Å². The van der Waals surface area contributed by atoms with Crippen molar-refractivity contribution in [2.75, 3.05) is 0 Å². The van der Waals surface area contributed by atoms with Crippen LogP contribution in [0.5, 0.6) is 0 Å². The van der Waals surface area contributed by atoms with E-state index in [0.717, 1.165) is 23.7 Å². The van der Waals surface area contributed by atoms with Gasteiger partial charge in [-0.15, -0.1) is 0 Å². The van der Waals surface area contributed by atoms with Gasteiger partial charge in [0, 0.05) is 0 Å². The predicted molar refractivity (Wildman–Crippen MR) is 133 cm³/mol. The van der Waals surface area contributed by atoms with E-state index in [0.29, 0.717) is 16.2 Å². The van der Waals surface area contributed by atoms with Gasteiger partial charge in [0.1, 0.15) is 0 Å². The van der Waals surface area contributed by atoms with Crippen LogP contribution in [-0.2, 0) is 0 Å². The van der Waals surface area contributed by atoms with Gasteiger partial charge in [-0.2, -0.15) is 0 Å². The molecule has 0 heterocycles. The third kappa shape index (κ3) is 11.8. The molecule has 0 aromatic heterocycles. The van der Waals surface area contributed by atoms with Crippen LogP contribution >= 0.6 is 0 Å². The van der Waals surface area contributed by atoms with Gasteiger partial charge in [-0.1, -0.05) is 101 Å². The van der Waals surface area contributed by atoms with Gasteiger partial charge in [0.05, 0.1) is 0 Å². The molecule has 0 amide bonds. The van der Waals surface area contributed by atoms with Gasteiger partial charge in [0.15, 0.2) is 0 Å². The minimum Gasteiger partial charge on any atom is -0.0625 e. The van der Waals surface area contributed by atoms with E-state index in [1.54, 1.807) is 0 Å². The fraction of sp³-hybridized carbons (Fsp3) is 1.00. The van der Waals surface area contributed by atoms with E-state index in [4.69, 9.17) is 0 Å². The van der Waals surface area contributed by atoms with E-state index in [9.17, 15) is 0 Å². The summed E-state index contributed by atoms with van der Waals surface area (Å²) in [6.07, 6.45) is 17.4. The molecule has 0 aliphatic heterocycles. The first-order valence-corrected chi connectivity index (χ1v) is 13.2. The molecule has 3 fully saturated rings. The molecule has 0 aromatic carbocycles. The van der Waals surface area contributed by atoms with Crippen molar-refractivity contribution in [2.24, 2.45) is 39.9 Å². The van der Waals surface area contributed by atoms with E-state index in [2.05, 4.69) is 69.2 Å². The van der Waals surface area contributed by atoms with Crippen LogP contribution in [0.4, 0.5) is 0 Å². The van der Waals surface area contributed by atoms with Crippen molar-refractivity contribution in [3.05, 3.63) is 0 Å². The molecule has 3 aliphatic carbocycles. The van der Waals surface area contributed by atoms with E-state index >= 15 is 0 Å². The van der Waals surface area contributed by atoms with E-state index < -0.39 is 0 Å². The van der Waals surface area contributed by atoms with Crippen LogP contribution in [-0.4, -0.2) is 0 Å². The monoisotopic (exact) mass is 406 g/mol. The number of rotatable bonds is 1. The first-order chi connectivity index (χ1) is 13.2. The Morgan fingerprint density at radius 2 is 1.07 bits per heavy atom. The zero-order valence-electron chi connectivity index (χ0n) is 22.3. The van der Waals surface area contributed by atoms with Crippen molar-refractivity contribution in [3.8, 4) is 0 Å². The minimum atomic E-state index is 0.613. The van der Waals surface area contributed by atoms with Gasteiger partial charge >= 0.3 is 0 Å². The Hall–Kier alpha value is 0. The summed E-state index contributed by atoms with van der Waals surface area (Å²) >= 11 is 0. The highest BCUT2D eigenvalue weighted by atomic mass is 14.4. The van der Waals surface area contributed by atoms with Gasteiger partial charge in [0.2, 0.25) is 0 Å². The molecule has 0 aromatic rings. The van der Waals surface area contributed by atoms with Crippen LogP contribution in [0, 0.1) is 39.9 Å². The average molecular weight is 407 g/mol. The molecule has 0 saturated heterocycles. The smallest absolute Gasteiger partial charge is 0.0349 e. The molecule has 0 spiro atoms. The van der Waals surface area contributed by atoms with Crippen molar-refractivity contribution in [3.63, 3.8) is 0 Å². The van der Waals surface area contributed by atoms with Crippen LogP contribution in [0.1, 0.15) is 146 Å². The summed E-state index contributed by atoms with van der Waals surface area (Å²) in [6.45, 7) is 23.9. The first-order valence-electron chi connectivity index (χ1n) is 13.2. The Labute approximate surface area is 186 Å². The van der Waals surface area contributed by atoms with E-state index in [1.807, 2.05) is 0 Å². The average Bonchev–Trinajstić information content (AvgIpc) is 2.53. The van der Waals surface area contributed by atoms with Crippen molar-refractivity contribution in [2.45, 2.75) is 146 Å². The maximum atomic E-state index is 2.40. The molecule has 174 valence electrons. The lowest BCUT2D eigenvalue weighted by atomic mass is 9.65. The van der Waals surface area contributed by atoms with E-state index in [1.165, 1.54) is 77.0 Å². The quantitative estimate of drug-likeness (QED) is 0.406. The molecule has 29 heavy (non-hydrogen) atoms. The second-order valence-electron chi connectivity index (χ2n) is 14.0. The first kappa shape index (κ1) is 27.0. The summed E-state index contributed by atoms with van der Waals surface area (Å²) in [5.41, 5.74) is 1.88. The third-order valence-corrected chi connectivity index (χ3v) is 8.12. The SMILES string of the molecule is CC1(C)CCCC(C)(C)C1.CC1CCC(C(C)C)CC1.CC1CCCC(C)(C)C1. The van der Waals surface area contributed by atoms with Crippen molar-refractivity contribution >= 4 is 0 Å². The zero-order chi connectivity index (χ0) is 22.3. The molecular weight excluding hydrogens is 348 g/mol. The maximum Gasteiger partial charge on any atom is -0.0349 e. The second kappa shape index (κ2) is 11.6.